The van der Waals surface area contributed by atoms with E-state index in [4.69, 9.17) is 9.57 Å². The van der Waals surface area contributed by atoms with Crippen molar-refractivity contribution in [2.24, 2.45) is 5.16 Å². The van der Waals surface area contributed by atoms with Crippen LogP contribution >= 0.6 is 11.3 Å². The standard InChI is InChI=1S/C19H22N4O3S/c1-12-16(19(2)10-15(23-26-19)13-4-3-7-20-11-13)27-18(21-12)17(24)22-14-5-8-25-9-6-14/h3-4,7,11,14H,5-6,8-10H2,1-2H3,(H,22,24). The molecule has 0 bridgehead atoms. The van der Waals surface area contributed by atoms with Crippen molar-refractivity contribution in [2.45, 2.75) is 44.8 Å². The molecule has 2 aliphatic heterocycles. The maximum Gasteiger partial charge on any atom is 0.280 e. The third-order valence-electron chi connectivity index (χ3n) is 4.88. The second-order valence-electron chi connectivity index (χ2n) is 7.07. The number of pyridine rings is 1. The second kappa shape index (κ2) is 7.36. The van der Waals surface area contributed by atoms with Crippen LogP contribution in [0.2, 0.25) is 0 Å². The minimum atomic E-state index is -0.621. The number of hydrogen-bond acceptors (Lipinski definition) is 7. The van der Waals surface area contributed by atoms with Gasteiger partial charge in [0.2, 0.25) is 0 Å². The van der Waals surface area contributed by atoms with Crippen LogP contribution < -0.4 is 5.32 Å². The molecule has 1 N–H and O–H groups in total. The van der Waals surface area contributed by atoms with Crippen LogP contribution in [0.4, 0.5) is 0 Å². The molecule has 2 aromatic heterocycles. The predicted octanol–water partition coefficient (Wildman–Crippen LogP) is 2.80. The molecule has 4 rings (SSSR count). The topological polar surface area (TPSA) is 85.7 Å². The van der Waals surface area contributed by atoms with Gasteiger partial charge in [-0.25, -0.2) is 4.98 Å². The van der Waals surface area contributed by atoms with Gasteiger partial charge in [0.1, 0.15) is 0 Å². The molecule has 2 aliphatic rings. The average molecular weight is 386 g/mol. The Morgan fingerprint density at radius 3 is 2.93 bits per heavy atom. The van der Waals surface area contributed by atoms with Crippen LogP contribution in [0, 0.1) is 6.92 Å². The molecule has 4 heterocycles. The lowest BCUT2D eigenvalue weighted by molar-refractivity contribution is -0.00507. The molecular weight excluding hydrogens is 364 g/mol. The summed E-state index contributed by atoms with van der Waals surface area (Å²) < 4.78 is 5.34. The molecule has 0 aromatic carbocycles. The van der Waals surface area contributed by atoms with Gasteiger partial charge in [-0.05, 0) is 38.8 Å². The molecule has 0 spiro atoms. The van der Waals surface area contributed by atoms with Gasteiger partial charge in [-0.1, -0.05) is 5.16 Å². The average Bonchev–Trinajstić information content (AvgIpc) is 3.28. The van der Waals surface area contributed by atoms with E-state index in [9.17, 15) is 4.79 Å². The number of aryl methyl sites for hydroxylation is 1. The molecule has 0 radical (unpaired) electrons. The van der Waals surface area contributed by atoms with Crippen molar-refractivity contribution in [1.29, 1.82) is 0 Å². The van der Waals surface area contributed by atoms with E-state index in [1.807, 2.05) is 26.0 Å². The first-order valence-electron chi connectivity index (χ1n) is 9.07. The fourth-order valence-electron chi connectivity index (χ4n) is 3.42. The Balaban J connectivity index is 1.49. The fourth-order valence-corrected chi connectivity index (χ4v) is 4.47. The van der Waals surface area contributed by atoms with E-state index in [-0.39, 0.29) is 11.9 Å². The summed E-state index contributed by atoms with van der Waals surface area (Å²) in [5.41, 5.74) is 1.99. The highest BCUT2D eigenvalue weighted by molar-refractivity contribution is 7.13. The largest absolute Gasteiger partial charge is 0.383 e. The van der Waals surface area contributed by atoms with Crippen LogP contribution in [0.1, 0.15) is 52.1 Å². The first-order chi connectivity index (χ1) is 13.0. The number of hydrogen-bond donors (Lipinski definition) is 1. The number of carbonyl (C=O) groups excluding carboxylic acids is 1. The maximum absolute atomic E-state index is 12.6. The lowest BCUT2D eigenvalue weighted by atomic mass is 9.94. The summed E-state index contributed by atoms with van der Waals surface area (Å²) in [6, 6.07) is 4.00. The molecule has 8 heteroatoms. The minimum absolute atomic E-state index is 0.128. The minimum Gasteiger partial charge on any atom is -0.383 e. The van der Waals surface area contributed by atoms with Crippen molar-refractivity contribution in [1.82, 2.24) is 15.3 Å². The number of ether oxygens (including phenoxy) is 1. The third-order valence-corrected chi connectivity index (χ3v) is 6.29. The number of amides is 1. The maximum atomic E-state index is 12.6. The Bertz CT molecular complexity index is 861. The Morgan fingerprint density at radius 2 is 2.19 bits per heavy atom. The number of nitrogens with zero attached hydrogens (tertiary/aromatic N) is 3. The van der Waals surface area contributed by atoms with Gasteiger partial charge in [0.05, 0.1) is 16.3 Å². The van der Waals surface area contributed by atoms with E-state index in [0.29, 0.717) is 24.6 Å². The predicted molar refractivity (Wildman–Crippen MR) is 102 cm³/mol. The van der Waals surface area contributed by atoms with Crippen LogP contribution in [-0.4, -0.2) is 40.8 Å². The first-order valence-corrected chi connectivity index (χ1v) is 9.89. The van der Waals surface area contributed by atoms with Gasteiger partial charge >= 0.3 is 0 Å². The van der Waals surface area contributed by atoms with Gasteiger partial charge in [0.15, 0.2) is 10.6 Å². The summed E-state index contributed by atoms with van der Waals surface area (Å²) in [4.78, 5) is 28.0. The van der Waals surface area contributed by atoms with Crippen LogP contribution in [0.15, 0.2) is 29.7 Å². The molecule has 1 unspecified atom stereocenters. The summed E-state index contributed by atoms with van der Waals surface area (Å²) in [6.45, 7) is 5.27. The van der Waals surface area contributed by atoms with Crippen LogP contribution in [0.3, 0.4) is 0 Å². The first kappa shape index (κ1) is 18.1. The second-order valence-corrected chi connectivity index (χ2v) is 8.07. The van der Waals surface area contributed by atoms with Gasteiger partial charge < -0.3 is 14.9 Å². The highest BCUT2D eigenvalue weighted by Gasteiger charge is 2.40. The van der Waals surface area contributed by atoms with Crippen molar-refractivity contribution < 1.29 is 14.4 Å². The lowest BCUT2D eigenvalue weighted by Gasteiger charge is -2.22. The number of nitrogens with one attached hydrogen (secondary N) is 1. The van der Waals surface area contributed by atoms with E-state index in [1.165, 1.54) is 11.3 Å². The summed E-state index contributed by atoms with van der Waals surface area (Å²) >= 11 is 1.38. The molecular formula is C19H22N4O3S. The van der Waals surface area contributed by atoms with Gasteiger partial charge in [0, 0.05) is 43.6 Å². The van der Waals surface area contributed by atoms with Gasteiger partial charge in [-0.2, -0.15) is 0 Å². The number of rotatable bonds is 4. The summed E-state index contributed by atoms with van der Waals surface area (Å²) in [6.07, 6.45) is 5.80. The zero-order chi connectivity index (χ0) is 18.9. The van der Waals surface area contributed by atoms with E-state index in [0.717, 1.165) is 34.7 Å². The van der Waals surface area contributed by atoms with Crippen molar-refractivity contribution >= 4 is 23.0 Å². The van der Waals surface area contributed by atoms with E-state index >= 15 is 0 Å². The fraction of sp³-hybridized carbons (Fsp3) is 0.474. The van der Waals surface area contributed by atoms with Crippen molar-refractivity contribution in [2.75, 3.05) is 13.2 Å². The highest BCUT2D eigenvalue weighted by Crippen LogP contribution is 2.40. The molecule has 1 atom stereocenters. The molecule has 0 saturated carbocycles. The van der Waals surface area contributed by atoms with Gasteiger partial charge in [-0.15, -0.1) is 11.3 Å². The van der Waals surface area contributed by atoms with Gasteiger partial charge in [0.25, 0.3) is 5.91 Å². The van der Waals surface area contributed by atoms with E-state index in [1.54, 1.807) is 12.4 Å². The summed E-state index contributed by atoms with van der Waals surface area (Å²) in [5.74, 6) is -0.128. The van der Waals surface area contributed by atoms with Gasteiger partial charge in [-0.3, -0.25) is 9.78 Å². The Kier molecular flexibility index (Phi) is 4.92. The van der Waals surface area contributed by atoms with Crippen molar-refractivity contribution in [3.63, 3.8) is 0 Å². The molecule has 1 saturated heterocycles. The highest BCUT2D eigenvalue weighted by atomic mass is 32.1. The van der Waals surface area contributed by atoms with E-state index < -0.39 is 5.60 Å². The molecule has 2 aromatic rings. The number of thiazole rings is 1. The molecule has 1 fully saturated rings. The Labute approximate surface area is 161 Å². The zero-order valence-corrected chi connectivity index (χ0v) is 16.2. The van der Waals surface area contributed by atoms with E-state index in [2.05, 4.69) is 20.4 Å². The smallest absolute Gasteiger partial charge is 0.280 e. The molecule has 1 amide bonds. The van der Waals surface area contributed by atoms with Crippen LogP contribution in [0.5, 0.6) is 0 Å². The lowest BCUT2D eigenvalue weighted by Crippen LogP contribution is -2.38. The zero-order valence-electron chi connectivity index (χ0n) is 15.4. The van der Waals surface area contributed by atoms with Crippen molar-refractivity contribution in [3.8, 4) is 0 Å². The van der Waals surface area contributed by atoms with Crippen LogP contribution in [0.25, 0.3) is 0 Å². The number of aromatic nitrogens is 2. The SMILES string of the molecule is Cc1nc(C(=O)NC2CCOCC2)sc1C1(C)CC(c2cccnc2)=NO1. The Morgan fingerprint density at radius 1 is 1.37 bits per heavy atom. The number of oxime groups is 1. The normalized spacial score (nSPS) is 23.0. The number of carbonyl (C=O) groups is 1. The van der Waals surface area contributed by atoms with Crippen molar-refractivity contribution in [3.05, 3.63) is 45.7 Å². The summed E-state index contributed by atoms with van der Waals surface area (Å²) in [5, 5.41) is 7.80. The molecule has 142 valence electrons. The Hall–Kier alpha value is -2.32. The van der Waals surface area contributed by atoms with Crippen LogP contribution in [-0.2, 0) is 15.2 Å². The summed E-state index contributed by atoms with van der Waals surface area (Å²) in [7, 11) is 0. The molecule has 7 nitrogen and oxygen atoms in total. The third kappa shape index (κ3) is 3.72. The quantitative estimate of drug-likeness (QED) is 0.873. The molecule has 27 heavy (non-hydrogen) atoms. The molecule has 0 aliphatic carbocycles. The monoisotopic (exact) mass is 386 g/mol.